The molecule has 6 nitrogen and oxygen atoms in total. The molecule has 1 N–H and O–H groups in total. The highest BCUT2D eigenvalue weighted by atomic mass is 16.5. The Morgan fingerprint density at radius 2 is 1.70 bits per heavy atom. The van der Waals surface area contributed by atoms with Crippen LogP contribution in [-0.2, 0) is 9.53 Å². The standard InChI is InChI=1S/C17H14N4O2/c1-23-17(22)13(11-18)12-19-14-7-9-16(10-8-14)21-20-15-5-3-2-4-6-15/h2-10,12,19H,1H3/b13-12-,21-20?. The van der Waals surface area contributed by atoms with Crippen molar-refractivity contribution in [3.8, 4) is 6.07 Å². The maximum atomic E-state index is 11.3. The summed E-state index contributed by atoms with van der Waals surface area (Å²) < 4.78 is 4.49. The van der Waals surface area contributed by atoms with Crippen molar-refractivity contribution in [3.63, 3.8) is 0 Å². The van der Waals surface area contributed by atoms with E-state index in [0.717, 1.165) is 5.69 Å². The predicted molar refractivity (Wildman–Crippen MR) is 86.4 cm³/mol. The lowest BCUT2D eigenvalue weighted by Crippen LogP contribution is -2.05. The monoisotopic (exact) mass is 306 g/mol. The molecule has 0 radical (unpaired) electrons. The summed E-state index contributed by atoms with van der Waals surface area (Å²) in [5, 5.41) is 19.9. The summed E-state index contributed by atoms with van der Waals surface area (Å²) in [6.45, 7) is 0. The van der Waals surface area contributed by atoms with Crippen LogP contribution in [-0.4, -0.2) is 13.1 Å². The fourth-order valence-corrected chi connectivity index (χ4v) is 1.64. The van der Waals surface area contributed by atoms with Crippen molar-refractivity contribution in [1.82, 2.24) is 0 Å². The maximum absolute atomic E-state index is 11.3. The molecule has 0 aliphatic rings. The Labute approximate surface area is 133 Å². The minimum absolute atomic E-state index is 0.111. The number of anilines is 1. The molecule has 0 spiro atoms. The first-order valence-corrected chi connectivity index (χ1v) is 6.75. The van der Waals surface area contributed by atoms with Crippen molar-refractivity contribution >= 4 is 23.0 Å². The average Bonchev–Trinajstić information content (AvgIpc) is 2.62. The summed E-state index contributed by atoms with van der Waals surface area (Å²) in [7, 11) is 1.22. The number of esters is 1. The number of carbonyl (C=O) groups is 1. The number of carbonyl (C=O) groups excluding carboxylic acids is 1. The van der Waals surface area contributed by atoms with Gasteiger partial charge in [-0.3, -0.25) is 0 Å². The lowest BCUT2D eigenvalue weighted by atomic mass is 10.2. The molecule has 0 aliphatic heterocycles. The second kappa shape index (κ2) is 8.10. The number of rotatable bonds is 5. The Morgan fingerprint density at radius 3 is 2.26 bits per heavy atom. The predicted octanol–water partition coefficient (Wildman–Crippen LogP) is 4.09. The van der Waals surface area contributed by atoms with Gasteiger partial charge in [-0.2, -0.15) is 15.5 Å². The molecule has 2 aromatic carbocycles. The van der Waals surface area contributed by atoms with Gasteiger partial charge in [0.15, 0.2) is 5.57 Å². The third-order valence-corrected chi connectivity index (χ3v) is 2.81. The minimum Gasteiger partial charge on any atom is -0.465 e. The zero-order chi connectivity index (χ0) is 16.5. The van der Waals surface area contributed by atoms with Gasteiger partial charge in [-0.05, 0) is 36.4 Å². The molecule has 0 saturated carbocycles. The largest absolute Gasteiger partial charge is 0.465 e. The molecule has 23 heavy (non-hydrogen) atoms. The molecule has 6 heteroatoms. The van der Waals surface area contributed by atoms with E-state index in [0.29, 0.717) is 11.4 Å². The number of nitrogens with zero attached hydrogens (tertiary/aromatic N) is 3. The van der Waals surface area contributed by atoms with Crippen LogP contribution in [0.25, 0.3) is 0 Å². The van der Waals surface area contributed by atoms with Crippen LogP contribution < -0.4 is 5.32 Å². The third-order valence-electron chi connectivity index (χ3n) is 2.81. The number of nitrogens with one attached hydrogen (secondary N) is 1. The van der Waals surface area contributed by atoms with E-state index in [-0.39, 0.29) is 5.57 Å². The molecule has 114 valence electrons. The second-order valence-corrected chi connectivity index (χ2v) is 4.39. The van der Waals surface area contributed by atoms with E-state index in [9.17, 15) is 4.79 Å². The Kier molecular flexibility index (Phi) is 5.61. The smallest absolute Gasteiger partial charge is 0.350 e. The van der Waals surface area contributed by atoms with Crippen molar-refractivity contribution in [1.29, 1.82) is 5.26 Å². The van der Waals surface area contributed by atoms with Gasteiger partial charge in [-0.25, -0.2) is 4.79 Å². The molecule has 2 aromatic rings. The number of azo groups is 1. The number of nitriles is 1. The summed E-state index contributed by atoms with van der Waals surface area (Å²) in [4.78, 5) is 11.3. The van der Waals surface area contributed by atoms with Gasteiger partial charge in [-0.1, -0.05) is 18.2 Å². The Balaban J connectivity index is 2.03. The fourth-order valence-electron chi connectivity index (χ4n) is 1.64. The summed E-state index contributed by atoms with van der Waals surface area (Å²) in [6, 6.07) is 18.3. The van der Waals surface area contributed by atoms with Gasteiger partial charge in [0.25, 0.3) is 0 Å². The Morgan fingerprint density at radius 1 is 1.09 bits per heavy atom. The Hall–Kier alpha value is -3.46. The summed E-state index contributed by atoms with van der Waals surface area (Å²) in [5.41, 5.74) is 2.06. The van der Waals surface area contributed by atoms with E-state index in [1.807, 2.05) is 30.3 Å². The second-order valence-electron chi connectivity index (χ2n) is 4.39. The highest BCUT2D eigenvalue weighted by molar-refractivity contribution is 5.93. The van der Waals surface area contributed by atoms with Crippen LogP contribution >= 0.6 is 0 Å². The summed E-state index contributed by atoms with van der Waals surface area (Å²) >= 11 is 0. The van der Waals surface area contributed by atoms with Crippen LogP contribution in [0.2, 0.25) is 0 Å². The highest BCUT2D eigenvalue weighted by Crippen LogP contribution is 2.20. The molecule has 0 atom stereocenters. The van der Waals surface area contributed by atoms with Crippen LogP contribution in [0.1, 0.15) is 0 Å². The third kappa shape index (κ3) is 4.79. The first-order chi connectivity index (χ1) is 11.2. The van der Waals surface area contributed by atoms with Crippen molar-refractivity contribution < 1.29 is 9.53 Å². The first kappa shape index (κ1) is 15.9. The Bertz CT molecular complexity index is 759. The first-order valence-electron chi connectivity index (χ1n) is 6.75. The molecule has 0 bridgehead atoms. The van der Waals surface area contributed by atoms with Gasteiger partial charge in [0.2, 0.25) is 0 Å². The molecular weight excluding hydrogens is 292 g/mol. The quantitative estimate of drug-likeness (QED) is 0.390. The molecule has 0 unspecified atom stereocenters. The van der Waals surface area contributed by atoms with Crippen molar-refractivity contribution in [2.24, 2.45) is 10.2 Å². The number of hydrogen-bond donors (Lipinski definition) is 1. The SMILES string of the molecule is COC(=O)/C(C#N)=C\Nc1ccc(N=Nc2ccccc2)cc1. The molecule has 0 aromatic heterocycles. The zero-order valence-electron chi connectivity index (χ0n) is 12.4. The molecule has 0 saturated heterocycles. The lowest BCUT2D eigenvalue weighted by molar-refractivity contribution is -0.135. The number of methoxy groups -OCH3 is 1. The normalized spacial score (nSPS) is 11.0. The van der Waals surface area contributed by atoms with E-state index >= 15 is 0 Å². The molecule has 0 fully saturated rings. The van der Waals surface area contributed by atoms with Crippen LogP contribution in [0.5, 0.6) is 0 Å². The highest BCUT2D eigenvalue weighted by Gasteiger charge is 2.07. The molecular formula is C17H14N4O2. The summed E-state index contributed by atoms with van der Waals surface area (Å²) in [5.74, 6) is -0.687. The van der Waals surface area contributed by atoms with Crippen molar-refractivity contribution in [2.75, 3.05) is 12.4 Å². The van der Waals surface area contributed by atoms with Gasteiger partial charge in [0.1, 0.15) is 6.07 Å². The van der Waals surface area contributed by atoms with E-state index in [4.69, 9.17) is 5.26 Å². The number of hydrogen-bond acceptors (Lipinski definition) is 6. The van der Waals surface area contributed by atoms with E-state index in [1.54, 1.807) is 30.3 Å². The lowest BCUT2D eigenvalue weighted by Gasteiger charge is -2.02. The van der Waals surface area contributed by atoms with Gasteiger partial charge in [-0.15, -0.1) is 0 Å². The van der Waals surface area contributed by atoms with Crippen molar-refractivity contribution in [3.05, 3.63) is 66.4 Å². The van der Waals surface area contributed by atoms with E-state index in [2.05, 4.69) is 20.3 Å². The van der Waals surface area contributed by atoms with E-state index < -0.39 is 5.97 Å². The van der Waals surface area contributed by atoms with Gasteiger partial charge < -0.3 is 10.1 Å². The van der Waals surface area contributed by atoms with Crippen LogP contribution in [0, 0.1) is 11.3 Å². The molecule has 0 aliphatic carbocycles. The molecule has 2 rings (SSSR count). The van der Waals surface area contributed by atoms with Gasteiger partial charge in [0, 0.05) is 11.9 Å². The maximum Gasteiger partial charge on any atom is 0.350 e. The van der Waals surface area contributed by atoms with Crippen molar-refractivity contribution in [2.45, 2.75) is 0 Å². The van der Waals surface area contributed by atoms with Gasteiger partial charge in [0.05, 0.1) is 18.5 Å². The zero-order valence-corrected chi connectivity index (χ0v) is 12.4. The summed E-state index contributed by atoms with van der Waals surface area (Å²) in [6.07, 6.45) is 1.30. The van der Waals surface area contributed by atoms with Crippen LogP contribution in [0.4, 0.5) is 17.1 Å². The average molecular weight is 306 g/mol. The van der Waals surface area contributed by atoms with Gasteiger partial charge >= 0.3 is 5.97 Å². The molecule has 0 amide bonds. The minimum atomic E-state index is -0.687. The van der Waals surface area contributed by atoms with Crippen LogP contribution in [0.3, 0.4) is 0 Å². The molecule has 0 heterocycles. The van der Waals surface area contributed by atoms with E-state index in [1.165, 1.54) is 13.3 Å². The number of benzene rings is 2. The topological polar surface area (TPSA) is 86.8 Å². The van der Waals surface area contributed by atoms with Crippen LogP contribution in [0.15, 0.2) is 76.6 Å². The number of ether oxygens (including phenoxy) is 1. The fraction of sp³-hybridized carbons (Fsp3) is 0.0588.